The van der Waals surface area contributed by atoms with Crippen molar-refractivity contribution < 1.29 is 8.42 Å². The highest BCUT2D eigenvalue weighted by atomic mass is 32.2. The first-order valence-electron chi connectivity index (χ1n) is 9.86. The van der Waals surface area contributed by atoms with Gasteiger partial charge in [0.25, 0.3) is 0 Å². The Labute approximate surface area is 181 Å². The molecule has 1 aliphatic heterocycles. The summed E-state index contributed by atoms with van der Waals surface area (Å²) >= 11 is 0. The van der Waals surface area contributed by atoms with Gasteiger partial charge in [0.1, 0.15) is 11.4 Å². The fraction of sp³-hybridized carbons (Fsp3) is 0. The predicted molar refractivity (Wildman–Crippen MR) is 126 cm³/mol. The largest absolute Gasteiger partial charge is 0.364 e. The Morgan fingerprint density at radius 3 is 1.03 bits per heavy atom. The van der Waals surface area contributed by atoms with Gasteiger partial charge in [0.15, 0.2) is 0 Å². The van der Waals surface area contributed by atoms with Gasteiger partial charge in [-0.25, -0.2) is 0 Å². The van der Waals surface area contributed by atoms with Gasteiger partial charge in [-0.1, -0.05) is 109 Å². The van der Waals surface area contributed by atoms with Crippen molar-refractivity contribution in [3.63, 3.8) is 0 Å². The molecule has 0 aromatic heterocycles. The molecule has 4 aromatic rings. The van der Waals surface area contributed by atoms with Crippen LogP contribution in [0.1, 0.15) is 11.1 Å². The van der Waals surface area contributed by atoms with E-state index in [1.165, 1.54) is 0 Å². The molecule has 150 valence electrons. The molecule has 0 saturated heterocycles. The van der Waals surface area contributed by atoms with Crippen molar-refractivity contribution >= 4 is 21.6 Å². The highest BCUT2D eigenvalue weighted by Gasteiger charge is 2.26. The fourth-order valence-corrected chi connectivity index (χ4v) is 4.50. The fourth-order valence-electron chi connectivity index (χ4n) is 3.62. The second-order valence-corrected chi connectivity index (χ2v) is 8.48. The first-order chi connectivity index (χ1) is 15.1. The van der Waals surface area contributed by atoms with Crippen molar-refractivity contribution in [3.05, 3.63) is 120 Å². The summed E-state index contributed by atoms with van der Waals surface area (Å²) < 4.78 is 32.2. The maximum absolute atomic E-state index is 12.2. The average Bonchev–Trinajstić information content (AvgIpc) is 3.16. The summed E-state index contributed by atoms with van der Waals surface area (Å²) in [7, 11) is -3.89. The molecule has 0 saturated carbocycles. The van der Waals surface area contributed by atoms with Gasteiger partial charge in [-0.3, -0.25) is 0 Å². The van der Waals surface area contributed by atoms with Gasteiger partial charge in [0.05, 0.1) is 0 Å². The van der Waals surface area contributed by atoms with E-state index in [0.29, 0.717) is 22.6 Å². The summed E-state index contributed by atoms with van der Waals surface area (Å²) in [6.07, 6.45) is 0. The van der Waals surface area contributed by atoms with E-state index >= 15 is 0 Å². The summed E-state index contributed by atoms with van der Waals surface area (Å²) in [6, 6.07) is 35.4. The van der Waals surface area contributed by atoms with E-state index in [9.17, 15) is 8.42 Å². The van der Waals surface area contributed by atoms with Crippen LogP contribution in [0.3, 0.4) is 0 Å². The van der Waals surface area contributed by atoms with Crippen molar-refractivity contribution in [3.8, 4) is 22.3 Å². The lowest BCUT2D eigenvalue weighted by Gasteiger charge is -2.08. The molecule has 1 heterocycles. The molecule has 0 unspecified atom stereocenters. The third-order valence-corrected chi connectivity index (χ3v) is 6.00. The Kier molecular flexibility index (Phi) is 4.81. The van der Waals surface area contributed by atoms with Crippen molar-refractivity contribution in [1.29, 1.82) is 0 Å². The zero-order valence-corrected chi connectivity index (χ0v) is 17.3. The molecule has 5 heteroatoms. The first-order valence-corrected chi connectivity index (χ1v) is 11.3. The van der Waals surface area contributed by atoms with E-state index in [0.717, 1.165) is 22.3 Å². The summed E-state index contributed by atoms with van der Waals surface area (Å²) in [6.45, 7) is 0. The van der Waals surface area contributed by atoms with E-state index in [1.807, 2.05) is 109 Å². The zero-order valence-electron chi connectivity index (χ0n) is 16.5. The highest BCUT2D eigenvalue weighted by molar-refractivity contribution is 7.89. The van der Waals surface area contributed by atoms with Crippen LogP contribution in [-0.2, 0) is 10.2 Å². The summed E-state index contributed by atoms with van der Waals surface area (Å²) in [4.78, 5) is 0. The van der Waals surface area contributed by atoms with Gasteiger partial charge in [0.2, 0.25) is 0 Å². The second-order valence-electron chi connectivity index (χ2n) is 7.21. The maximum atomic E-state index is 12.2. The third-order valence-electron chi connectivity index (χ3n) is 5.17. The molecular formula is C26H18N2O2S. The van der Waals surface area contributed by atoms with Crippen LogP contribution in [0.2, 0.25) is 0 Å². The number of benzene rings is 4. The normalized spacial score (nSPS) is 14.7. The summed E-state index contributed by atoms with van der Waals surface area (Å²) in [5.74, 6) is 0. The number of hydrogen-bond acceptors (Lipinski definition) is 2. The molecule has 0 N–H and O–H groups in total. The predicted octanol–water partition coefficient (Wildman–Crippen LogP) is 5.56. The Balaban J connectivity index is 1.49. The Morgan fingerprint density at radius 2 is 0.677 bits per heavy atom. The lowest BCUT2D eigenvalue weighted by Crippen LogP contribution is -2.13. The van der Waals surface area contributed by atoms with E-state index < -0.39 is 10.2 Å². The number of rotatable bonds is 4. The van der Waals surface area contributed by atoms with Crippen LogP contribution in [0.5, 0.6) is 0 Å². The lowest BCUT2D eigenvalue weighted by molar-refractivity contribution is 0.601. The molecule has 0 bridgehead atoms. The van der Waals surface area contributed by atoms with Crippen molar-refractivity contribution in [2.45, 2.75) is 0 Å². The molecule has 0 amide bonds. The third kappa shape index (κ3) is 3.96. The first kappa shape index (κ1) is 19.2. The van der Waals surface area contributed by atoms with Crippen LogP contribution in [0.25, 0.3) is 22.3 Å². The van der Waals surface area contributed by atoms with Crippen molar-refractivity contribution in [2.24, 2.45) is 8.80 Å². The smallest absolute Gasteiger partial charge is 0.179 e. The molecular weight excluding hydrogens is 404 g/mol. The monoisotopic (exact) mass is 422 g/mol. The van der Waals surface area contributed by atoms with Gasteiger partial charge in [-0.15, -0.1) is 8.80 Å². The minimum atomic E-state index is -3.89. The van der Waals surface area contributed by atoms with Crippen molar-refractivity contribution in [1.82, 2.24) is 0 Å². The van der Waals surface area contributed by atoms with Crippen LogP contribution in [0.4, 0.5) is 0 Å². The minimum Gasteiger partial charge on any atom is -0.179 e. The molecule has 0 fully saturated rings. The molecule has 0 radical (unpaired) electrons. The molecule has 0 atom stereocenters. The Bertz CT molecular complexity index is 1290. The highest BCUT2D eigenvalue weighted by Crippen LogP contribution is 2.25. The molecule has 4 aromatic carbocycles. The number of hydrogen-bond donors (Lipinski definition) is 0. The maximum Gasteiger partial charge on any atom is 0.364 e. The molecule has 5 rings (SSSR count). The van der Waals surface area contributed by atoms with Crippen molar-refractivity contribution in [2.75, 3.05) is 0 Å². The van der Waals surface area contributed by atoms with Gasteiger partial charge < -0.3 is 0 Å². The topological polar surface area (TPSA) is 58.9 Å². The standard InChI is InChI=1S/C26H18N2O2S/c29-31(30)27-25(23-15-11-21(12-16-23)19-7-3-1-4-8-19)26(28-31)24-17-13-22(14-18-24)20-9-5-2-6-10-20/h1-18H. The minimum absolute atomic E-state index is 0.368. The molecule has 0 spiro atoms. The van der Waals surface area contributed by atoms with Crippen LogP contribution in [0, 0.1) is 0 Å². The van der Waals surface area contributed by atoms with E-state index in [-0.39, 0.29) is 0 Å². The molecule has 1 aliphatic rings. The van der Waals surface area contributed by atoms with Gasteiger partial charge in [-0.2, -0.15) is 8.42 Å². The van der Waals surface area contributed by atoms with Gasteiger partial charge in [0, 0.05) is 11.1 Å². The van der Waals surface area contributed by atoms with E-state index in [4.69, 9.17) is 0 Å². The van der Waals surface area contributed by atoms with Gasteiger partial charge in [-0.05, 0) is 22.3 Å². The van der Waals surface area contributed by atoms with Crippen LogP contribution in [-0.4, -0.2) is 19.8 Å². The second kappa shape index (κ2) is 7.78. The SMILES string of the molecule is O=S1(=O)N=C(c2ccc(-c3ccccc3)cc2)C(c2ccc(-c3ccccc3)cc2)=N1. The van der Waals surface area contributed by atoms with E-state index in [1.54, 1.807) is 0 Å². The number of nitrogens with zero attached hydrogens (tertiary/aromatic N) is 2. The average molecular weight is 423 g/mol. The van der Waals surface area contributed by atoms with Crippen LogP contribution >= 0.6 is 0 Å². The molecule has 0 aliphatic carbocycles. The lowest BCUT2D eigenvalue weighted by atomic mass is 9.96. The quantitative estimate of drug-likeness (QED) is 0.432. The van der Waals surface area contributed by atoms with Crippen LogP contribution in [0.15, 0.2) is 118 Å². The van der Waals surface area contributed by atoms with E-state index in [2.05, 4.69) is 8.80 Å². The Hall–Kier alpha value is -3.83. The summed E-state index contributed by atoms with van der Waals surface area (Å²) in [5, 5.41) is 0. The zero-order chi connectivity index (χ0) is 21.3. The Morgan fingerprint density at radius 1 is 0.387 bits per heavy atom. The van der Waals surface area contributed by atoms with Gasteiger partial charge >= 0.3 is 10.2 Å². The molecule has 31 heavy (non-hydrogen) atoms. The summed E-state index contributed by atoms with van der Waals surface area (Å²) in [5.41, 5.74) is 6.46. The molecule has 4 nitrogen and oxygen atoms in total. The van der Waals surface area contributed by atoms with Crippen LogP contribution < -0.4 is 0 Å².